The lowest BCUT2D eigenvalue weighted by atomic mass is 10.2. The van der Waals surface area contributed by atoms with Crippen molar-refractivity contribution in [3.63, 3.8) is 0 Å². The number of ether oxygens (including phenoxy) is 2. The lowest BCUT2D eigenvalue weighted by Crippen LogP contribution is -2.13. The predicted molar refractivity (Wildman–Crippen MR) is 75.1 cm³/mol. The lowest BCUT2D eigenvalue weighted by Gasteiger charge is -2.10. The summed E-state index contributed by atoms with van der Waals surface area (Å²) in [5.41, 5.74) is 0.635. The smallest absolute Gasteiger partial charge is 0.347 e. The standard InChI is InChI=1S/C16H14O5/c1-11(18)20-15-9-5-3-7-13(15)16(19)21-14-8-4-2-6-12(14)10-17/h2-9,17H,10H2,1H3. The molecule has 0 bridgehead atoms. The van der Waals surface area contributed by atoms with E-state index in [2.05, 4.69) is 0 Å². The Morgan fingerprint density at radius 2 is 1.57 bits per heavy atom. The minimum Gasteiger partial charge on any atom is -0.426 e. The Morgan fingerprint density at radius 3 is 2.24 bits per heavy atom. The van der Waals surface area contributed by atoms with Gasteiger partial charge < -0.3 is 14.6 Å². The minimum absolute atomic E-state index is 0.136. The molecule has 0 unspecified atom stereocenters. The van der Waals surface area contributed by atoms with Gasteiger partial charge in [-0.05, 0) is 18.2 Å². The number of esters is 2. The quantitative estimate of drug-likeness (QED) is 0.689. The molecule has 2 aromatic rings. The molecule has 0 amide bonds. The van der Waals surface area contributed by atoms with E-state index in [1.807, 2.05) is 0 Å². The fraction of sp³-hybridized carbons (Fsp3) is 0.125. The third-order valence-corrected chi connectivity index (χ3v) is 2.71. The highest BCUT2D eigenvalue weighted by Gasteiger charge is 2.16. The highest BCUT2D eigenvalue weighted by molar-refractivity contribution is 5.94. The number of aliphatic hydroxyl groups excluding tert-OH is 1. The van der Waals surface area contributed by atoms with Crippen LogP contribution in [0.2, 0.25) is 0 Å². The monoisotopic (exact) mass is 286 g/mol. The zero-order valence-corrected chi connectivity index (χ0v) is 11.4. The van der Waals surface area contributed by atoms with Crippen LogP contribution >= 0.6 is 0 Å². The molecule has 5 nitrogen and oxygen atoms in total. The maximum Gasteiger partial charge on any atom is 0.347 e. The van der Waals surface area contributed by atoms with Crippen LogP contribution in [-0.2, 0) is 11.4 Å². The second-order valence-corrected chi connectivity index (χ2v) is 4.25. The first-order chi connectivity index (χ1) is 10.1. The molecule has 0 aliphatic heterocycles. The largest absolute Gasteiger partial charge is 0.426 e. The molecular weight excluding hydrogens is 272 g/mol. The van der Waals surface area contributed by atoms with Crippen LogP contribution in [0.1, 0.15) is 22.8 Å². The van der Waals surface area contributed by atoms with Gasteiger partial charge in [0.05, 0.1) is 6.61 Å². The Balaban J connectivity index is 2.26. The molecule has 0 atom stereocenters. The first-order valence-corrected chi connectivity index (χ1v) is 6.30. The number of hydrogen-bond acceptors (Lipinski definition) is 5. The Labute approximate surface area is 121 Å². The molecule has 2 rings (SSSR count). The molecule has 0 aliphatic rings. The van der Waals surface area contributed by atoms with E-state index >= 15 is 0 Å². The summed E-state index contributed by atoms with van der Waals surface area (Å²) in [6.45, 7) is 1.01. The summed E-state index contributed by atoms with van der Waals surface area (Å²) in [6.07, 6.45) is 0. The van der Waals surface area contributed by atoms with Crippen LogP contribution in [0.5, 0.6) is 11.5 Å². The highest BCUT2D eigenvalue weighted by Crippen LogP contribution is 2.23. The number of benzene rings is 2. The molecule has 21 heavy (non-hydrogen) atoms. The van der Waals surface area contributed by atoms with Crippen molar-refractivity contribution in [3.8, 4) is 11.5 Å². The van der Waals surface area contributed by atoms with Gasteiger partial charge in [0.25, 0.3) is 0 Å². The van der Waals surface area contributed by atoms with Gasteiger partial charge in [0, 0.05) is 12.5 Å². The van der Waals surface area contributed by atoms with E-state index in [1.165, 1.54) is 19.1 Å². The van der Waals surface area contributed by atoms with Crippen molar-refractivity contribution in [3.05, 3.63) is 59.7 Å². The number of aliphatic hydroxyl groups is 1. The minimum atomic E-state index is -0.659. The van der Waals surface area contributed by atoms with Gasteiger partial charge in [-0.2, -0.15) is 0 Å². The molecular formula is C16H14O5. The van der Waals surface area contributed by atoms with E-state index in [9.17, 15) is 14.7 Å². The molecule has 2 aromatic carbocycles. The molecule has 0 aromatic heterocycles. The number of hydrogen-bond donors (Lipinski definition) is 1. The zero-order valence-electron chi connectivity index (χ0n) is 11.4. The van der Waals surface area contributed by atoms with Crippen molar-refractivity contribution in [2.24, 2.45) is 0 Å². The summed E-state index contributed by atoms with van der Waals surface area (Å²) in [5, 5.41) is 9.21. The van der Waals surface area contributed by atoms with Gasteiger partial charge in [0.1, 0.15) is 17.1 Å². The van der Waals surface area contributed by atoms with E-state index < -0.39 is 11.9 Å². The SMILES string of the molecule is CC(=O)Oc1ccccc1C(=O)Oc1ccccc1CO. The molecule has 0 aliphatic carbocycles. The van der Waals surface area contributed by atoms with Gasteiger partial charge in [-0.25, -0.2) is 4.79 Å². The second kappa shape index (κ2) is 6.67. The fourth-order valence-electron chi connectivity index (χ4n) is 1.77. The number of carbonyl (C=O) groups excluding carboxylic acids is 2. The topological polar surface area (TPSA) is 72.8 Å². The summed E-state index contributed by atoms with van der Waals surface area (Å²) < 4.78 is 10.2. The number of carbonyl (C=O) groups is 2. The van der Waals surface area contributed by atoms with Gasteiger partial charge in [-0.3, -0.25) is 4.79 Å². The van der Waals surface area contributed by atoms with Gasteiger partial charge >= 0.3 is 11.9 Å². The molecule has 0 fully saturated rings. The van der Waals surface area contributed by atoms with Crippen molar-refractivity contribution in [1.82, 2.24) is 0 Å². The first-order valence-electron chi connectivity index (χ1n) is 6.30. The van der Waals surface area contributed by atoms with Gasteiger partial charge in [-0.1, -0.05) is 30.3 Å². The first kappa shape index (κ1) is 14.7. The molecule has 0 spiro atoms. The molecule has 108 valence electrons. The molecule has 0 heterocycles. The van der Waals surface area contributed by atoms with Crippen LogP contribution in [0.25, 0.3) is 0 Å². The van der Waals surface area contributed by atoms with E-state index in [0.29, 0.717) is 5.56 Å². The Hall–Kier alpha value is -2.66. The van der Waals surface area contributed by atoms with Crippen LogP contribution in [0.15, 0.2) is 48.5 Å². The van der Waals surface area contributed by atoms with Crippen LogP contribution in [0.4, 0.5) is 0 Å². The van der Waals surface area contributed by atoms with Gasteiger partial charge in [0.15, 0.2) is 0 Å². The van der Waals surface area contributed by atoms with E-state index in [-0.39, 0.29) is 23.7 Å². The number of para-hydroxylation sites is 2. The predicted octanol–water partition coefficient (Wildman–Crippen LogP) is 2.32. The maximum atomic E-state index is 12.2. The van der Waals surface area contributed by atoms with Crippen LogP contribution in [-0.4, -0.2) is 17.0 Å². The summed E-state index contributed by atoms with van der Waals surface area (Å²) >= 11 is 0. The van der Waals surface area contributed by atoms with Gasteiger partial charge in [-0.15, -0.1) is 0 Å². The third kappa shape index (κ3) is 3.67. The molecule has 5 heteroatoms. The molecule has 1 N–H and O–H groups in total. The van der Waals surface area contributed by atoms with Crippen molar-refractivity contribution in [2.75, 3.05) is 0 Å². The zero-order chi connectivity index (χ0) is 15.2. The number of rotatable bonds is 4. The summed E-state index contributed by atoms with van der Waals surface area (Å²) in [5.74, 6) is -0.780. The summed E-state index contributed by atoms with van der Waals surface area (Å²) in [4.78, 5) is 23.2. The van der Waals surface area contributed by atoms with Crippen molar-refractivity contribution >= 4 is 11.9 Å². The van der Waals surface area contributed by atoms with Gasteiger partial charge in [0.2, 0.25) is 0 Å². The van der Waals surface area contributed by atoms with Crippen LogP contribution in [0.3, 0.4) is 0 Å². The van der Waals surface area contributed by atoms with Crippen LogP contribution in [0, 0.1) is 0 Å². The average Bonchev–Trinajstić information content (AvgIpc) is 2.47. The van der Waals surface area contributed by atoms with E-state index in [0.717, 1.165) is 0 Å². The Morgan fingerprint density at radius 1 is 0.952 bits per heavy atom. The molecule has 0 radical (unpaired) electrons. The highest BCUT2D eigenvalue weighted by atomic mass is 16.5. The fourth-order valence-corrected chi connectivity index (χ4v) is 1.77. The molecule has 0 saturated carbocycles. The van der Waals surface area contributed by atoms with E-state index in [1.54, 1.807) is 36.4 Å². The summed E-state index contributed by atoms with van der Waals surface area (Å²) in [7, 11) is 0. The van der Waals surface area contributed by atoms with Crippen LogP contribution < -0.4 is 9.47 Å². The Bertz CT molecular complexity index is 663. The average molecular weight is 286 g/mol. The normalized spacial score (nSPS) is 10.0. The third-order valence-electron chi connectivity index (χ3n) is 2.71. The summed E-state index contributed by atoms with van der Waals surface area (Å²) in [6, 6.07) is 13.0. The Kier molecular flexibility index (Phi) is 4.68. The van der Waals surface area contributed by atoms with Crippen molar-refractivity contribution in [1.29, 1.82) is 0 Å². The van der Waals surface area contributed by atoms with Crippen molar-refractivity contribution in [2.45, 2.75) is 13.5 Å². The second-order valence-electron chi connectivity index (χ2n) is 4.25. The molecule has 0 saturated heterocycles. The maximum absolute atomic E-state index is 12.2. The van der Waals surface area contributed by atoms with E-state index in [4.69, 9.17) is 9.47 Å². The lowest BCUT2D eigenvalue weighted by molar-refractivity contribution is -0.131. The van der Waals surface area contributed by atoms with Crippen molar-refractivity contribution < 1.29 is 24.2 Å².